The normalized spacial score (nSPS) is 15.3. The fourth-order valence-electron chi connectivity index (χ4n) is 3.08. The van der Waals surface area contributed by atoms with Gasteiger partial charge in [-0.15, -0.1) is 0 Å². The summed E-state index contributed by atoms with van der Waals surface area (Å²) in [6.45, 7) is 1.39. The van der Waals surface area contributed by atoms with Crippen molar-refractivity contribution in [3.63, 3.8) is 0 Å². The molecule has 3 aromatic rings. The molecule has 138 valence electrons. The first-order valence-corrected chi connectivity index (χ1v) is 9.00. The Balaban J connectivity index is 1.44. The molecule has 1 fully saturated rings. The molecule has 0 bridgehead atoms. The summed E-state index contributed by atoms with van der Waals surface area (Å²) in [4.78, 5) is 16.4. The van der Waals surface area contributed by atoms with E-state index < -0.39 is 0 Å². The SMILES string of the molecule is O=C(Nc1ccc2c(/C=C/c3ccccn3)n[nH]c2c1)NC1CCOCC1. The molecule has 1 saturated heterocycles. The van der Waals surface area contributed by atoms with Crippen molar-refractivity contribution in [3.8, 4) is 0 Å². The number of urea groups is 1. The lowest BCUT2D eigenvalue weighted by atomic mass is 10.1. The first kappa shape index (κ1) is 17.2. The van der Waals surface area contributed by atoms with E-state index in [1.165, 1.54) is 0 Å². The maximum absolute atomic E-state index is 12.2. The largest absolute Gasteiger partial charge is 0.381 e. The number of fused-ring (bicyclic) bond motifs is 1. The van der Waals surface area contributed by atoms with E-state index in [0.29, 0.717) is 13.2 Å². The number of nitrogens with one attached hydrogen (secondary N) is 3. The van der Waals surface area contributed by atoms with E-state index in [2.05, 4.69) is 25.8 Å². The van der Waals surface area contributed by atoms with Gasteiger partial charge in [0.25, 0.3) is 0 Å². The first-order valence-electron chi connectivity index (χ1n) is 9.00. The Hall–Kier alpha value is -3.19. The van der Waals surface area contributed by atoms with Crippen molar-refractivity contribution in [2.75, 3.05) is 18.5 Å². The van der Waals surface area contributed by atoms with Crippen LogP contribution in [0.5, 0.6) is 0 Å². The molecule has 2 amide bonds. The molecule has 1 aliphatic rings. The first-order chi connectivity index (χ1) is 13.3. The number of pyridine rings is 1. The van der Waals surface area contributed by atoms with Gasteiger partial charge in [-0.25, -0.2) is 4.79 Å². The second-order valence-corrected chi connectivity index (χ2v) is 6.44. The summed E-state index contributed by atoms with van der Waals surface area (Å²) >= 11 is 0. The zero-order chi connectivity index (χ0) is 18.5. The van der Waals surface area contributed by atoms with E-state index in [4.69, 9.17) is 4.74 Å². The van der Waals surface area contributed by atoms with Crippen molar-refractivity contribution in [2.24, 2.45) is 0 Å². The van der Waals surface area contributed by atoms with Crippen LogP contribution in [0.1, 0.15) is 24.2 Å². The molecule has 0 atom stereocenters. The summed E-state index contributed by atoms with van der Waals surface area (Å²) < 4.78 is 5.31. The molecule has 1 aliphatic heterocycles. The molecule has 7 heteroatoms. The highest BCUT2D eigenvalue weighted by Crippen LogP contribution is 2.22. The predicted octanol–water partition coefficient (Wildman–Crippen LogP) is 3.43. The van der Waals surface area contributed by atoms with Crippen LogP contribution < -0.4 is 10.6 Å². The van der Waals surface area contributed by atoms with Gasteiger partial charge in [0.1, 0.15) is 0 Å². The number of amides is 2. The number of hydrogen-bond acceptors (Lipinski definition) is 4. The highest BCUT2D eigenvalue weighted by atomic mass is 16.5. The summed E-state index contributed by atoms with van der Waals surface area (Å²) in [7, 11) is 0. The molecule has 7 nitrogen and oxygen atoms in total. The number of benzene rings is 1. The molecule has 27 heavy (non-hydrogen) atoms. The van der Waals surface area contributed by atoms with Crippen LogP contribution in [-0.4, -0.2) is 40.5 Å². The molecule has 0 aliphatic carbocycles. The highest BCUT2D eigenvalue weighted by Gasteiger charge is 2.16. The molecule has 4 rings (SSSR count). The molecule has 0 spiro atoms. The minimum absolute atomic E-state index is 0.165. The smallest absolute Gasteiger partial charge is 0.319 e. The average Bonchev–Trinajstić information content (AvgIpc) is 3.10. The Bertz CT molecular complexity index is 945. The molecule has 0 saturated carbocycles. The van der Waals surface area contributed by atoms with E-state index in [1.807, 2.05) is 48.6 Å². The summed E-state index contributed by atoms with van der Waals surface area (Å²) in [5.41, 5.74) is 3.28. The molecular formula is C20H21N5O2. The maximum Gasteiger partial charge on any atom is 0.319 e. The minimum atomic E-state index is -0.198. The Morgan fingerprint density at radius 1 is 1.19 bits per heavy atom. The molecular weight excluding hydrogens is 342 g/mol. The third-order valence-corrected chi connectivity index (χ3v) is 4.51. The van der Waals surface area contributed by atoms with Crippen LogP contribution in [0.25, 0.3) is 23.1 Å². The van der Waals surface area contributed by atoms with Gasteiger partial charge in [-0.3, -0.25) is 10.1 Å². The zero-order valence-corrected chi connectivity index (χ0v) is 14.8. The summed E-state index contributed by atoms with van der Waals surface area (Å²) in [5.74, 6) is 0. The topological polar surface area (TPSA) is 91.9 Å². The van der Waals surface area contributed by atoms with Crippen LogP contribution in [0.2, 0.25) is 0 Å². The third-order valence-electron chi connectivity index (χ3n) is 4.51. The number of aromatic amines is 1. The van der Waals surface area contributed by atoms with Gasteiger partial charge in [0, 0.05) is 36.5 Å². The van der Waals surface area contributed by atoms with Crippen molar-refractivity contribution in [1.82, 2.24) is 20.5 Å². The number of anilines is 1. The summed E-state index contributed by atoms with van der Waals surface area (Å²) in [5, 5.41) is 14.2. The van der Waals surface area contributed by atoms with Gasteiger partial charge in [0.15, 0.2) is 0 Å². The molecule has 3 heterocycles. The molecule has 0 unspecified atom stereocenters. The highest BCUT2D eigenvalue weighted by molar-refractivity contribution is 5.95. The minimum Gasteiger partial charge on any atom is -0.381 e. The monoisotopic (exact) mass is 363 g/mol. The predicted molar refractivity (Wildman–Crippen MR) is 105 cm³/mol. The number of ether oxygens (including phenoxy) is 1. The lowest BCUT2D eigenvalue weighted by Crippen LogP contribution is -2.41. The average molecular weight is 363 g/mol. The van der Waals surface area contributed by atoms with Crippen LogP contribution >= 0.6 is 0 Å². The number of H-pyrrole nitrogens is 1. The maximum atomic E-state index is 12.2. The summed E-state index contributed by atoms with van der Waals surface area (Å²) in [6, 6.07) is 11.4. The number of rotatable bonds is 4. The Labute approximate surface area is 156 Å². The van der Waals surface area contributed by atoms with Gasteiger partial charge in [0.05, 0.1) is 16.9 Å². The number of carbonyl (C=O) groups is 1. The number of hydrogen-bond donors (Lipinski definition) is 3. The number of nitrogens with zero attached hydrogens (tertiary/aromatic N) is 2. The summed E-state index contributed by atoms with van der Waals surface area (Å²) in [6.07, 6.45) is 7.29. The molecule has 0 radical (unpaired) electrons. The quantitative estimate of drug-likeness (QED) is 0.662. The Kier molecular flexibility index (Phi) is 5.11. The fraction of sp³-hybridized carbons (Fsp3) is 0.250. The molecule has 1 aromatic carbocycles. The van der Waals surface area contributed by atoms with Crippen LogP contribution in [0.15, 0.2) is 42.6 Å². The number of aromatic nitrogens is 3. The van der Waals surface area contributed by atoms with Crippen molar-refractivity contribution < 1.29 is 9.53 Å². The van der Waals surface area contributed by atoms with Crippen molar-refractivity contribution in [1.29, 1.82) is 0 Å². The van der Waals surface area contributed by atoms with Crippen molar-refractivity contribution in [3.05, 3.63) is 54.0 Å². The second-order valence-electron chi connectivity index (χ2n) is 6.44. The standard InChI is InChI=1S/C20H21N5O2/c26-20(22-15-8-11-27-12-9-15)23-16-4-6-17-18(24-25-19(17)13-16)7-5-14-3-1-2-10-21-14/h1-7,10,13,15H,8-9,11-12H2,(H,24,25)(H2,22,23,26)/b7-5+. The van der Waals surface area contributed by atoms with Gasteiger partial charge in [0.2, 0.25) is 0 Å². The lowest BCUT2D eigenvalue weighted by molar-refractivity contribution is 0.0806. The molecule has 3 N–H and O–H groups in total. The van der Waals surface area contributed by atoms with Crippen molar-refractivity contribution >= 4 is 34.8 Å². The van der Waals surface area contributed by atoms with E-state index in [-0.39, 0.29) is 12.1 Å². The van der Waals surface area contributed by atoms with Gasteiger partial charge in [-0.1, -0.05) is 6.07 Å². The van der Waals surface area contributed by atoms with Crippen LogP contribution in [0.4, 0.5) is 10.5 Å². The van der Waals surface area contributed by atoms with Gasteiger partial charge in [-0.05, 0) is 55.3 Å². The third kappa shape index (κ3) is 4.32. The lowest BCUT2D eigenvalue weighted by Gasteiger charge is -2.23. The second kappa shape index (κ2) is 8.01. The van der Waals surface area contributed by atoms with Crippen LogP contribution in [0.3, 0.4) is 0 Å². The van der Waals surface area contributed by atoms with E-state index >= 15 is 0 Å². The van der Waals surface area contributed by atoms with E-state index in [1.54, 1.807) is 6.20 Å². The molecule has 2 aromatic heterocycles. The van der Waals surface area contributed by atoms with Gasteiger partial charge in [-0.2, -0.15) is 5.10 Å². The van der Waals surface area contributed by atoms with Crippen LogP contribution in [-0.2, 0) is 4.74 Å². The zero-order valence-electron chi connectivity index (χ0n) is 14.8. The Morgan fingerprint density at radius 3 is 2.89 bits per heavy atom. The van der Waals surface area contributed by atoms with Gasteiger partial charge < -0.3 is 15.4 Å². The Morgan fingerprint density at radius 2 is 2.07 bits per heavy atom. The van der Waals surface area contributed by atoms with Crippen LogP contribution in [0, 0.1) is 0 Å². The van der Waals surface area contributed by atoms with Crippen molar-refractivity contribution in [2.45, 2.75) is 18.9 Å². The number of carbonyl (C=O) groups excluding carboxylic acids is 1. The van der Waals surface area contributed by atoms with E-state index in [0.717, 1.165) is 40.8 Å². The fourth-order valence-corrected chi connectivity index (χ4v) is 3.08. The van der Waals surface area contributed by atoms with Gasteiger partial charge >= 0.3 is 6.03 Å². The van der Waals surface area contributed by atoms with E-state index in [9.17, 15) is 4.79 Å².